The second kappa shape index (κ2) is 6.76. The van der Waals surface area contributed by atoms with E-state index in [1.54, 1.807) is 30.1 Å². The molecular formula is C15H22N2O4S. The average molecular weight is 326 g/mol. The monoisotopic (exact) mass is 326 g/mol. The third-order valence-electron chi connectivity index (χ3n) is 3.97. The van der Waals surface area contributed by atoms with Crippen molar-refractivity contribution in [3.63, 3.8) is 0 Å². The zero-order valence-electron chi connectivity index (χ0n) is 12.9. The van der Waals surface area contributed by atoms with Crippen molar-refractivity contribution in [2.75, 3.05) is 26.7 Å². The highest BCUT2D eigenvalue weighted by Crippen LogP contribution is 2.21. The maximum absolute atomic E-state index is 12.7. The molecule has 0 radical (unpaired) electrons. The molecule has 1 aromatic carbocycles. The lowest BCUT2D eigenvalue weighted by molar-refractivity contribution is -0.144. The van der Waals surface area contributed by atoms with Crippen LogP contribution in [-0.4, -0.2) is 61.4 Å². The van der Waals surface area contributed by atoms with E-state index in [4.69, 9.17) is 0 Å². The van der Waals surface area contributed by atoms with Crippen LogP contribution in [0.15, 0.2) is 29.2 Å². The third-order valence-corrected chi connectivity index (χ3v) is 5.83. The molecule has 0 amide bonds. The number of carbonyl (C=O) groups is 1. The predicted molar refractivity (Wildman–Crippen MR) is 83.2 cm³/mol. The number of aliphatic carboxylic acids is 1. The lowest BCUT2D eigenvalue weighted by Gasteiger charge is -2.36. The van der Waals surface area contributed by atoms with E-state index in [9.17, 15) is 18.3 Å². The van der Waals surface area contributed by atoms with Gasteiger partial charge in [0.25, 0.3) is 0 Å². The number of carboxylic acid groups (broad SMARTS) is 1. The van der Waals surface area contributed by atoms with Crippen LogP contribution in [0.4, 0.5) is 0 Å². The Morgan fingerprint density at radius 2 is 2.09 bits per heavy atom. The van der Waals surface area contributed by atoms with E-state index in [0.29, 0.717) is 13.1 Å². The number of benzene rings is 1. The molecule has 1 aromatic rings. The molecule has 7 heteroatoms. The van der Waals surface area contributed by atoms with E-state index in [1.165, 1.54) is 4.31 Å². The summed E-state index contributed by atoms with van der Waals surface area (Å²) in [4.78, 5) is 13.2. The zero-order valence-corrected chi connectivity index (χ0v) is 13.7. The van der Waals surface area contributed by atoms with Gasteiger partial charge in [-0.05, 0) is 31.2 Å². The Morgan fingerprint density at radius 1 is 1.36 bits per heavy atom. The van der Waals surface area contributed by atoms with Crippen molar-refractivity contribution in [2.24, 2.45) is 0 Å². The van der Waals surface area contributed by atoms with Crippen molar-refractivity contribution in [2.45, 2.75) is 30.7 Å². The first-order valence-electron chi connectivity index (χ1n) is 7.38. The Morgan fingerprint density at radius 3 is 2.73 bits per heavy atom. The average Bonchev–Trinajstić information content (AvgIpc) is 2.48. The van der Waals surface area contributed by atoms with Crippen LogP contribution in [-0.2, 0) is 21.2 Å². The Labute approximate surface area is 131 Å². The molecule has 1 unspecified atom stereocenters. The molecule has 0 aliphatic carbocycles. The minimum atomic E-state index is -3.65. The fourth-order valence-electron chi connectivity index (χ4n) is 2.63. The van der Waals surface area contributed by atoms with Gasteiger partial charge in [-0.25, -0.2) is 8.42 Å². The summed E-state index contributed by atoms with van der Waals surface area (Å²) in [5, 5.41) is 9.21. The van der Waals surface area contributed by atoms with Crippen molar-refractivity contribution < 1.29 is 18.3 Å². The first kappa shape index (κ1) is 16.9. The molecular weight excluding hydrogens is 304 g/mol. The number of carboxylic acids is 1. The number of sulfonamides is 1. The smallest absolute Gasteiger partial charge is 0.322 e. The number of hydrogen-bond acceptors (Lipinski definition) is 4. The van der Waals surface area contributed by atoms with Crippen molar-refractivity contribution in [3.8, 4) is 0 Å². The van der Waals surface area contributed by atoms with Crippen LogP contribution in [0.2, 0.25) is 0 Å². The largest absolute Gasteiger partial charge is 0.480 e. The number of nitrogens with zero attached hydrogens (tertiary/aromatic N) is 2. The molecule has 0 spiro atoms. The van der Waals surface area contributed by atoms with Gasteiger partial charge in [-0.2, -0.15) is 4.31 Å². The molecule has 1 fully saturated rings. The van der Waals surface area contributed by atoms with Gasteiger partial charge < -0.3 is 5.11 Å². The van der Waals surface area contributed by atoms with Gasteiger partial charge >= 0.3 is 5.97 Å². The maximum Gasteiger partial charge on any atom is 0.322 e. The second-order valence-corrected chi connectivity index (χ2v) is 7.53. The van der Waals surface area contributed by atoms with E-state index in [-0.39, 0.29) is 11.4 Å². The Bertz CT molecular complexity index is 645. The van der Waals surface area contributed by atoms with Crippen molar-refractivity contribution in [3.05, 3.63) is 29.8 Å². The van der Waals surface area contributed by atoms with Crippen LogP contribution in [0.25, 0.3) is 0 Å². The Hall–Kier alpha value is -1.44. The molecule has 122 valence electrons. The molecule has 1 N–H and O–H groups in total. The number of aryl methyl sites for hydroxylation is 1. The maximum atomic E-state index is 12.7. The quantitative estimate of drug-likeness (QED) is 0.874. The lowest BCUT2D eigenvalue weighted by Crippen LogP contribution is -2.56. The summed E-state index contributed by atoms with van der Waals surface area (Å²) >= 11 is 0. The van der Waals surface area contributed by atoms with Gasteiger partial charge in [0.15, 0.2) is 0 Å². The number of piperazine rings is 1. The number of rotatable bonds is 5. The van der Waals surface area contributed by atoms with E-state index in [0.717, 1.165) is 18.4 Å². The first-order chi connectivity index (χ1) is 10.4. The topological polar surface area (TPSA) is 77.9 Å². The molecule has 1 heterocycles. The van der Waals surface area contributed by atoms with Gasteiger partial charge in [-0.1, -0.05) is 25.5 Å². The standard InChI is InChI=1S/C15H22N2O4S/c1-3-5-12-6-4-7-13(10-12)22(20,21)17-9-8-16(2)14(11-17)15(18)19/h4,6-7,10,14H,3,5,8-9,11H2,1-2H3,(H,18,19). The normalized spacial score (nSPS) is 20.9. The molecule has 1 saturated heterocycles. The predicted octanol–water partition coefficient (Wildman–Crippen LogP) is 1.03. The van der Waals surface area contributed by atoms with Gasteiger partial charge in [0.2, 0.25) is 10.0 Å². The fourth-order valence-corrected chi connectivity index (χ4v) is 4.14. The molecule has 0 aromatic heterocycles. The molecule has 1 aliphatic heterocycles. The van der Waals surface area contributed by atoms with Crippen LogP contribution < -0.4 is 0 Å². The minimum Gasteiger partial charge on any atom is -0.480 e. The van der Waals surface area contributed by atoms with Gasteiger partial charge in [-0.15, -0.1) is 0 Å². The summed E-state index contributed by atoms with van der Waals surface area (Å²) in [5.74, 6) is -0.998. The summed E-state index contributed by atoms with van der Waals surface area (Å²) < 4.78 is 26.7. The zero-order chi connectivity index (χ0) is 16.3. The summed E-state index contributed by atoms with van der Waals surface area (Å²) in [6, 6.07) is 6.10. The van der Waals surface area contributed by atoms with Crippen LogP contribution in [0.3, 0.4) is 0 Å². The summed E-state index contributed by atoms with van der Waals surface area (Å²) in [7, 11) is -1.95. The molecule has 6 nitrogen and oxygen atoms in total. The van der Waals surface area contributed by atoms with Crippen LogP contribution in [0, 0.1) is 0 Å². The molecule has 22 heavy (non-hydrogen) atoms. The number of hydrogen-bond donors (Lipinski definition) is 1. The molecule has 1 aliphatic rings. The first-order valence-corrected chi connectivity index (χ1v) is 8.82. The van der Waals surface area contributed by atoms with Gasteiger partial charge in [-0.3, -0.25) is 9.69 Å². The second-order valence-electron chi connectivity index (χ2n) is 5.60. The van der Waals surface area contributed by atoms with E-state index in [1.807, 2.05) is 13.0 Å². The minimum absolute atomic E-state index is 0.0217. The van der Waals surface area contributed by atoms with E-state index >= 15 is 0 Å². The van der Waals surface area contributed by atoms with Crippen LogP contribution in [0.5, 0.6) is 0 Å². The Balaban J connectivity index is 2.26. The number of likely N-dealkylation sites (N-methyl/N-ethyl adjacent to an activating group) is 1. The van der Waals surface area contributed by atoms with Crippen molar-refractivity contribution in [1.82, 2.24) is 9.21 Å². The Kier molecular flexibility index (Phi) is 5.20. The van der Waals surface area contributed by atoms with Gasteiger partial charge in [0, 0.05) is 19.6 Å². The molecule has 0 bridgehead atoms. The highest BCUT2D eigenvalue weighted by Gasteiger charge is 2.36. The summed E-state index contributed by atoms with van der Waals surface area (Å²) in [6.45, 7) is 2.73. The van der Waals surface area contributed by atoms with Crippen LogP contribution in [0.1, 0.15) is 18.9 Å². The summed E-state index contributed by atoms with van der Waals surface area (Å²) in [5.41, 5.74) is 0.979. The van der Waals surface area contributed by atoms with E-state index < -0.39 is 22.0 Å². The fraction of sp³-hybridized carbons (Fsp3) is 0.533. The van der Waals surface area contributed by atoms with Gasteiger partial charge in [0.1, 0.15) is 6.04 Å². The van der Waals surface area contributed by atoms with Crippen molar-refractivity contribution >= 4 is 16.0 Å². The molecule has 1 atom stereocenters. The van der Waals surface area contributed by atoms with Crippen LogP contribution >= 0.6 is 0 Å². The third kappa shape index (κ3) is 3.48. The highest BCUT2D eigenvalue weighted by atomic mass is 32.2. The molecule has 0 saturated carbocycles. The highest BCUT2D eigenvalue weighted by molar-refractivity contribution is 7.89. The lowest BCUT2D eigenvalue weighted by atomic mass is 10.1. The SMILES string of the molecule is CCCc1cccc(S(=O)(=O)N2CCN(C)C(C(=O)O)C2)c1. The van der Waals surface area contributed by atoms with E-state index in [2.05, 4.69) is 0 Å². The summed E-state index contributed by atoms with van der Waals surface area (Å²) in [6.07, 6.45) is 1.77. The van der Waals surface area contributed by atoms with Gasteiger partial charge in [0.05, 0.1) is 4.90 Å². The van der Waals surface area contributed by atoms with Crippen molar-refractivity contribution in [1.29, 1.82) is 0 Å². The molecule has 2 rings (SSSR count).